The molecule has 0 saturated heterocycles. The first-order valence-corrected chi connectivity index (χ1v) is 8.21. The molecule has 0 atom stereocenters. The second-order valence-corrected chi connectivity index (χ2v) is 6.03. The third-order valence-corrected chi connectivity index (χ3v) is 4.29. The number of aromatic nitrogens is 3. The highest BCUT2D eigenvalue weighted by atomic mass is 35.5. The maximum absolute atomic E-state index is 6.07. The summed E-state index contributed by atoms with van der Waals surface area (Å²) in [5, 5.41) is 3.49. The van der Waals surface area contributed by atoms with Crippen molar-refractivity contribution >= 4 is 23.2 Å². The Balaban J connectivity index is 1.62. The van der Waals surface area contributed by atoms with Crippen LogP contribution in [-0.2, 0) is 6.54 Å². The molecule has 122 valence electrons. The Morgan fingerprint density at radius 3 is 2.87 bits per heavy atom. The fourth-order valence-electron chi connectivity index (χ4n) is 2.67. The van der Waals surface area contributed by atoms with Crippen LogP contribution in [0.5, 0.6) is 5.88 Å². The third kappa shape index (κ3) is 4.22. The Morgan fingerprint density at radius 2 is 2.04 bits per heavy atom. The Morgan fingerprint density at radius 1 is 1.22 bits per heavy atom. The average molecular weight is 334 g/mol. The fourth-order valence-corrected chi connectivity index (χ4v) is 2.84. The van der Waals surface area contributed by atoms with Gasteiger partial charge in [0, 0.05) is 18.8 Å². The van der Waals surface area contributed by atoms with Crippen molar-refractivity contribution in [1.82, 2.24) is 15.0 Å². The molecule has 3 rings (SSSR count). The van der Waals surface area contributed by atoms with Gasteiger partial charge in [0.05, 0.1) is 0 Å². The van der Waals surface area contributed by atoms with Gasteiger partial charge in [-0.3, -0.25) is 0 Å². The van der Waals surface area contributed by atoms with E-state index in [1.165, 1.54) is 25.6 Å². The summed E-state index contributed by atoms with van der Waals surface area (Å²) in [5.41, 5.74) is 6.71. The largest absolute Gasteiger partial charge is 0.474 e. The number of nitrogens with one attached hydrogen (secondary N) is 1. The maximum atomic E-state index is 6.07. The first kappa shape index (κ1) is 15.8. The second kappa shape index (κ2) is 7.46. The van der Waals surface area contributed by atoms with E-state index in [2.05, 4.69) is 20.3 Å². The summed E-state index contributed by atoms with van der Waals surface area (Å²) in [6.45, 7) is 0.555. The van der Waals surface area contributed by atoms with E-state index in [9.17, 15) is 0 Å². The van der Waals surface area contributed by atoms with Crippen LogP contribution < -0.4 is 15.8 Å². The molecule has 1 aliphatic carbocycles. The molecule has 1 aliphatic rings. The van der Waals surface area contributed by atoms with Crippen LogP contribution in [0.25, 0.3) is 0 Å². The normalized spacial score (nSPS) is 15.3. The number of nitrogen functional groups attached to an aromatic ring is 1. The lowest BCUT2D eigenvalue weighted by Crippen LogP contribution is -2.20. The number of ether oxygens (including phenoxy) is 1. The highest BCUT2D eigenvalue weighted by molar-refractivity contribution is 6.35. The van der Waals surface area contributed by atoms with Crippen LogP contribution >= 0.6 is 11.6 Å². The number of nitrogens with two attached hydrogens (primary N) is 1. The van der Waals surface area contributed by atoms with Gasteiger partial charge in [-0.05, 0) is 37.3 Å². The van der Waals surface area contributed by atoms with Gasteiger partial charge in [0.15, 0.2) is 5.82 Å². The number of anilines is 2. The van der Waals surface area contributed by atoms with E-state index in [-0.39, 0.29) is 11.9 Å². The van der Waals surface area contributed by atoms with Gasteiger partial charge in [0.1, 0.15) is 23.3 Å². The van der Waals surface area contributed by atoms with Crippen LogP contribution in [0.1, 0.15) is 37.7 Å². The summed E-state index contributed by atoms with van der Waals surface area (Å²) in [5.74, 6) is 1.45. The van der Waals surface area contributed by atoms with E-state index in [4.69, 9.17) is 22.1 Å². The van der Waals surface area contributed by atoms with Gasteiger partial charge < -0.3 is 15.8 Å². The summed E-state index contributed by atoms with van der Waals surface area (Å²) >= 11 is 6.07. The molecule has 23 heavy (non-hydrogen) atoms. The summed E-state index contributed by atoms with van der Waals surface area (Å²) in [4.78, 5) is 12.2. The summed E-state index contributed by atoms with van der Waals surface area (Å²) in [7, 11) is 0. The van der Waals surface area contributed by atoms with Gasteiger partial charge in [-0.2, -0.15) is 0 Å². The lowest BCUT2D eigenvalue weighted by Gasteiger charge is -2.22. The zero-order chi connectivity index (χ0) is 16.1. The highest BCUT2D eigenvalue weighted by Gasteiger charge is 2.15. The molecule has 1 saturated carbocycles. The van der Waals surface area contributed by atoms with Crippen molar-refractivity contribution in [2.24, 2.45) is 0 Å². The molecule has 7 heteroatoms. The van der Waals surface area contributed by atoms with Crippen LogP contribution in [0, 0.1) is 0 Å². The number of rotatable bonds is 5. The second-order valence-electron chi connectivity index (χ2n) is 5.66. The summed E-state index contributed by atoms with van der Waals surface area (Å²) in [6.07, 6.45) is 9.42. The molecule has 6 nitrogen and oxygen atoms in total. The lowest BCUT2D eigenvalue weighted by molar-refractivity contribution is 0.148. The lowest BCUT2D eigenvalue weighted by atomic mass is 9.98. The first-order chi connectivity index (χ1) is 11.2. The summed E-state index contributed by atoms with van der Waals surface area (Å²) < 4.78 is 5.98. The zero-order valence-electron chi connectivity index (χ0n) is 12.8. The average Bonchev–Trinajstić information content (AvgIpc) is 2.57. The van der Waals surface area contributed by atoms with E-state index in [0.29, 0.717) is 23.3 Å². The Bertz CT molecular complexity index is 661. The minimum atomic E-state index is 0.264. The van der Waals surface area contributed by atoms with Crippen molar-refractivity contribution in [3.8, 4) is 5.88 Å². The number of hydrogen-bond acceptors (Lipinski definition) is 6. The molecule has 0 radical (unpaired) electrons. The van der Waals surface area contributed by atoms with Crippen LogP contribution in [-0.4, -0.2) is 21.1 Å². The van der Waals surface area contributed by atoms with E-state index in [1.807, 2.05) is 12.1 Å². The van der Waals surface area contributed by atoms with Gasteiger partial charge in [0.25, 0.3) is 0 Å². The number of pyridine rings is 1. The maximum Gasteiger partial charge on any atom is 0.213 e. The number of nitrogens with zero attached hydrogens (tertiary/aromatic N) is 3. The molecule has 0 bridgehead atoms. The SMILES string of the molecule is Nc1ncnc(NCc2ccnc(OC3CCCCC3)c2)c1Cl. The molecule has 2 aromatic heterocycles. The molecular formula is C16H20ClN5O. The number of hydrogen-bond donors (Lipinski definition) is 2. The predicted octanol–water partition coefficient (Wildman–Crippen LogP) is 3.43. The minimum Gasteiger partial charge on any atom is -0.474 e. The van der Waals surface area contributed by atoms with E-state index in [0.717, 1.165) is 18.4 Å². The Hall–Kier alpha value is -2.08. The zero-order valence-corrected chi connectivity index (χ0v) is 13.6. The van der Waals surface area contributed by atoms with Crippen LogP contribution in [0.3, 0.4) is 0 Å². The molecule has 0 spiro atoms. The highest BCUT2D eigenvalue weighted by Crippen LogP contribution is 2.25. The van der Waals surface area contributed by atoms with Crippen molar-refractivity contribution in [3.63, 3.8) is 0 Å². The smallest absolute Gasteiger partial charge is 0.213 e. The Kier molecular flexibility index (Phi) is 5.12. The molecule has 3 N–H and O–H groups in total. The van der Waals surface area contributed by atoms with Gasteiger partial charge in [-0.1, -0.05) is 18.0 Å². The molecule has 2 aromatic rings. The molecule has 0 unspecified atom stereocenters. The van der Waals surface area contributed by atoms with Crippen molar-refractivity contribution in [1.29, 1.82) is 0 Å². The monoisotopic (exact) mass is 333 g/mol. The van der Waals surface area contributed by atoms with Crippen LogP contribution in [0.4, 0.5) is 11.6 Å². The van der Waals surface area contributed by atoms with Gasteiger partial charge in [-0.15, -0.1) is 0 Å². The van der Waals surface area contributed by atoms with Crippen LogP contribution in [0.15, 0.2) is 24.7 Å². The fraction of sp³-hybridized carbons (Fsp3) is 0.438. The van der Waals surface area contributed by atoms with Crippen molar-refractivity contribution < 1.29 is 4.74 Å². The van der Waals surface area contributed by atoms with E-state index < -0.39 is 0 Å². The molecule has 0 aliphatic heterocycles. The van der Waals surface area contributed by atoms with Gasteiger partial charge in [0.2, 0.25) is 5.88 Å². The Labute approximate surface area is 140 Å². The van der Waals surface area contributed by atoms with Gasteiger partial charge in [-0.25, -0.2) is 15.0 Å². The third-order valence-electron chi connectivity index (χ3n) is 3.92. The van der Waals surface area contributed by atoms with E-state index >= 15 is 0 Å². The first-order valence-electron chi connectivity index (χ1n) is 7.84. The van der Waals surface area contributed by atoms with Crippen molar-refractivity contribution in [2.45, 2.75) is 44.8 Å². The van der Waals surface area contributed by atoms with Gasteiger partial charge >= 0.3 is 0 Å². The van der Waals surface area contributed by atoms with E-state index in [1.54, 1.807) is 6.20 Å². The minimum absolute atomic E-state index is 0.264. The van der Waals surface area contributed by atoms with Crippen LogP contribution in [0.2, 0.25) is 5.02 Å². The van der Waals surface area contributed by atoms with Crippen molar-refractivity contribution in [3.05, 3.63) is 35.2 Å². The molecule has 1 fully saturated rings. The molecular weight excluding hydrogens is 314 g/mol. The molecule has 0 amide bonds. The molecule has 2 heterocycles. The molecule has 0 aromatic carbocycles. The number of halogens is 1. The topological polar surface area (TPSA) is 86.0 Å². The van der Waals surface area contributed by atoms with Crippen molar-refractivity contribution in [2.75, 3.05) is 11.1 Å². The summed E-state index contributed by atoms with van der Waals surface area (Å²) in [6, 6.07) is 3.87. The standard InChI is InChI=1S/C16H20ClN5O/c17-14-15(18)21-10-22-16(14)20-9-11-6-7-19-13(8-11)23-12-4-2-1-3-5-12/h6-8,10,12H,1-5,9H2,(H3,18,20,21,22). The predicted molar refractivity (Wildman–Crippen MR) is 90.5 cm³/mol. The quantitative estimate of drug-likeness (QED) is 0.871.